The first kappa shape index (κ1) is 18.0. The number of hydrogen-bond acceptors (Lipinski definition) is 4. The number of urea groups is 1. The molecule has 2 rings (SSSR count). The minimum absolute atomic E-state index is 0.0337. The van der Waals surface area contributed by atoms with Crippen LogP contribution in [0.5, 0.6) is 0 Å². The topological polar surface area (TPSA) is 86.8 Å². The summed E-state index contributed by atoms with van der Waals surface area (Å²) in [4.78, 5) is 27.9. The summed E-state index contributed by atoms with van der Waals surface area (Å²) in [5.41, 5.74) is -0.263. The van der Waals surface area contributed by atoms with Gasteiger partial charge in [-0.1, -0.05) is 0 Å². The van der Waals surface area contributed by atoms with Crippen molar-refractivity contribution in [2.75, 3.05) is 24.6 Å². The van der Waals surface area contributed by atoms with Crippen LogP contribution in [0.1, 0.15) is 40.5 Å². The van der Waals surface area contributed by atoms with Gasteiger partial charge in [-0.05, 0) is 34.1 Å². The van der Waals surface area contributed by atoms with Crippen molar-refractivity contribution >= 4 is 21.8 Å². The Hall–Kier alpha value is -1.31. The Morgan fingerprint density at radius 3 is 2.48 bits per heavy atom. The van der Waals surface area contributed by atoms with Crippen molar-refractivity contribution in [3.8, 4) is 0 Å². The number of rotatable bonds is 3. The minimum atomic E-state index is -3.03. The molecule has 0 aromatic heterocycles. The lowest BCUT2D eigenvalue weighted by atomic mass is 10.1. The summed E-state index contributed by atoms with van der Waals surface area (Å²) >= 11 is 0. The number of hydrogen-bond donors (Lipinski definition) is 1. The van der Waals surface area contributed by atoms with Crippen molar-refractivity contribution in [3.63, 3.8) is 0 Å². The highest BCUT2D eigenvalue weighted by Gasteiger charge is 2.39. The van der Waals surface area contributed by atoms with Crippen LogP contribution in [0, 0.1) is 0 Å². The fourth-order valence-corrected chi connectivity index (χ4v) is 5.03. The minimum Gasteiger partial charge on any atom is -0.336 e. The summed E-state index contributed by atoms with van der Waals surface area (Å²) in [5.74, 6) is 0.210. The molecule has 0 saturated carbocycles. The summed E-state index contributed by atoms with van der Waals surface area (Å²) in [6, 6.07) is -0.759. The van der Waals surface area contributed by atoms with Gasteiger partial charge in [-0.3, -0.25) is 4.79 Å². The monoisotopic (exact) mass is 345 g/mol. The van der Waals surface area contributed by atoms with E-state index in [1.807, 2.05) is 27.7 Å². The van der Waals surface area contributed by atoms with Gasteiger partial charge in [-0.15, -0.1) is 0 Å². The molecule has 0 aromatic rings. The van der Waals surface area contributed by atoms with Crippen LogP contribution in [0.4, 0.5) is 4.79 Å². The van der Waals surface area contributed by atoms with Crippen molar-refractivity contribution in [2.45, 2.75) is 58.2 Å². The predicted octanol–water partition coefficient (Wildman–Crippen LogP) is 0.604. The molecule has 7 nitrogen and oxygen atoms in total. The van der Waals surface area contributed by atoms with Crippen LogP contribution in [0.3, 0.4) is 0 Å². The van der Waals surface area contributed by atoms with Crippen molar-refractivity contribution < 1.29 is 18.0 Å². The lowest BCUT2D eigenvalue weighted by molar-refractivity contribution is -0.131. The molecule has 2 heterocycles. The number of nitrogens with zero attached hydrogens (tertiary/aromatic N) is 2. The number of amides is 3. The first-order chi connectivity index (χ1) is 10.5. The van der Waals surface area contributed by atoms with E-state index in [0.717, 1.165) is 0 Å². The highest BCUT2D eigenvalue weighted by atomic mass is 32.2. The summed E-state index contributed by atoms with van der Waals surface area (Å²) in [5, 5.41) is 2.90. The zero-order valence-electron chi connectivity index (χ0n) is 14.3. The zero-order chi connectivity index (χ0) is 17.4. The molecular formula is C15H27N3O4S. The van der Waals surface area contributed by atoms with E-state index in [-0.39, 0.29) is 41.1 Å². The molecule has 2 aliphatic rings. The number of carbonyl (C=O) groups excluding carboxylic acids is 2. The molecule has 0 aliphatic carbocycles. The molecule has 1 N–H and O–H groups in total. The molecule has 0 aromatic carbocycles. The smallest absolute Gasteiger partial charge is 0.317 e. The summed E-state index contributed by atoms with van der Waals surface area (Å²) in [6.07, 6.45) is 0.783. The fraction of sp³-hybridized carbons (Fsp3) is 0.867. The molecule has 2 atom stereocenters. The lowest BCUT2D eigenvalue weighted by Gasteiger charge is -2.32. The number of nitrogens with one attached hydrogen (secondary N) is 1. The number of likely N-dealkylation sites (tertiary alicyclic amines) is 1. The third kappa shape index (κ3) is 4.16. The van der Waals surface area contributed by atoms with Gasteiger partial charge in [0.25, 0.3) is 0 Å². The van der Waals surface area contributed by atoms with Crippen LogP contribution >= 0.6 is 0 Å². The number of carbonyl (C=O) groups is 2. The van der Waals surface area contributed by atoms with Crippen molar-refractivity contribution in [3.05, 3.63) is 0 Å². The van der Waals surface area contributed by atoms with Crippen molar-refractivity contribution in [2.24, 2.45) is 0 Å². The van der Waals surface area contributed by atoms with Crippen LogP contribution in [0.25, 0.3) is 0 Å². The maximum Gasteiger partial charge on any atom is 0.317 e. The summed E-state index contributed by atoms with van der Waals surface area (Å²) < 4.78 is 23.2. The second kappa shape index (κ2) is 6.30. The van der Waals surface area contributed by atoms with Crippen molar-refractivity contribution in [1.29, 1.82) is 0 Å². The summed E-state index contributed by atoms with van der Waals surface area (Å²) in [6.45, 7) is 8.69. The van der Waals surface area contributed by atoms with Gasteiger partial charge in [0.2, 0.25) is 5.91 Å². The third-order valence-electron chi connectivity index (χ3n) is 4.51. The average Bonchev–Trinajstić information content (AvgIpc) is 2.93. The van der Waals surface area contributed by atoms with Gasteiger partial charge in [0.1, 0.15) is 0 Å². The van der Waals surface area contributed by atoms with E-state index in [9.17, 15) is 18.0 Å². The Bertz CT molecular complexity index is 582. The zero-order valence-corrected chi connectivity index (χ0v) is 15.1. The quantitative estimate of drug-likeness (QED) is 0.812. The molecule has 0 radical (unpaired) electrons. The van der Waals surface area contributed by atoms with Gasteiger partial charge in [0.05, 0.1) is 17.5 Å². The van der Waals surface area contributed by atoms with Crippen molar-refractivity contribution in [1.82, 2.24) is 15.1 Å². The lowest BCUT2D eigenvalue weighted by Crippen LogP contribution is -2.51. The SMILES string of the molecule is CCN(C(=O)NC1CC(=O)N(C(C)(C)C)C1)C1CCS(=O)(=O)C1. The molecule has 3 amide bonds. The Kier molecular flexibility index (Phi) is 4.94. The molecule has 23 heavy (non-hydrogen) atoms. The Labute approximate surface area is 138 Å². The van der Waals surface area contributed by atoms with Crippen LogP contribution in [0.15, 0.2) is 0 Å². The molecule has 2 fully saturated rings. The predicted molar refractivity (Wildman–Crippen MR) is 87.8 cm³/mol. The van der Waals surface area contributed by atoms with Gasteiger partial charge < -0.3 is 15.1 Å². The molecule has 132 valence electrons. The van der Waals surface area contributed by atoms with E-state index >= 15 is 0 Å². The highest BCUT2D eigenvalue weighted by molar-refractivity contribution is 7.91. The van der Waals surface area contributed by atoms with Gasteiger partial charge in [-0.25, -0.2) is 13.2 Å². The maximum absolute atomic E-state index is 12.5. The van der Waals surface area contributed by atoms with E-state index in [0.29, 0.717) is 25.9 Å². The van der Waals surface area contributed by atoms with Gasteiger partial charge >= 0.3 is 6.03 Å². The average molecular weight is 345 g/mol. The van der Waals surface area contributed by atoms with E-state index in [1.54, 1.807) is 9.80 Å². The van der Waals surface area contributed by atoms with Crippen LogP contribution in [-0.4, -0.2) is 72.4 Å². The fourth-order valence-electron chi connectivity index (χ4n) is 3.30. The Morgan fingerprint density at radius 2 is 2.04 bits per heavy atom. The van der Waals surface area contributed by atoms with Gasteiger partial charge in [0.15, 0.2) is 9.84 Å². The van der Waals surface area contributed by atoms with Crippen LogP contribution < -0.4 is 5.32 Å². The van der Waals surface area contributed by atoms with E-state index < -0.39 is 9.84 Å². The Balaban J connectivity index is 1.97. The molecule has 0 bridgehead atoms. The van der Waals surface area contributed by atoms with E-state index in [4.69, 9.17) is 0 Å². The first-order valence-electron chi connectivity index (χ1n) is 8.11. The molecule has 2 aliphatic heterocycles. The molecule has 8 heteroatoms. The summed E-state index contributed by atoms with van der Waals surface area (Å²) in [7, 11) is -3.03. The van der Waals surface area contributed by atoms with E-state index in [2.05, 4.69) is 5.32 Å². The highest BCUT2D eigenvalue weighted by Crippen LogP contribution is 2.23. The number of sulfone groups is 1. The molecule has 2 saturated heterocycles. The molecular weight excluding hydrogens is 318 g/mol. The Morgan fingerprint density at radius 1 is 1.39 bits per heavy atom. The standard InChI is InChI=1S/C15H27N3O4S/c1-5-17(12-6-7-23(21,22)10-12)14(20)16-11-8-13(19)18(9-11)15(2,3)4/h11-12H,5-10H2,1-4H3,(H,16,20). The third-order valence-corrected chi connectivity index (χ3v) is 6.26. The molecule has 0 spiro atoms. The first-order valence-corrected chi connectivity index (χ1v) is 9.93. The van der Waals surface area contributed by atoms with Crippen LogP contribution in [0.2, 0.25) is 0 Å². The van der Waals surface area contributed by atoms with E-state index in [1.165, 1.54) is 0 Å². The molecule has 2 unspecified atom stereocenters. The second-order valence-corrected chi connectivity index (χ2v) is 9.60. The van der Waals surface area contributed by atoms with Gasteiger partial charge in [-0.2, -0.15) is 0 Å². The normalized spacial score (nSPS) is 27.3. The largest absolute Gasteiger partial charge is 0.336 e. The second-order valence-electron chi connectivity index (χ2n) is 7.37. The maximum atomic E-state index is 12.5. The van der Waals surface area contributed by atoms with Crippen LogP contribution in [-0.2, 0) is 14.6 Å². The van der Waals surface area contributed by atoms with Gasteiger partial charge in [0, 0.05) is 31.1 Å².